The van der Waals surface area contributed by atoms with E-state index in [0.29, 0.717) is 0 Å². The molecule has 0 unspecified atom stereocenters. The molecule has 3 heteroatoms. The van der Waals surface area contributed by atoms with Crippen molar-refractivity contribution in [1.82, 2.24) is 0 Å². The van der Waals surface area contributed by atoms with Crippen molar-refractivity contribution in [2.75, 3.05) is 7.11 Å². The summed E-state index contributed by atoms with van der Waals surface area (Å²) >= 11 is 0. The van der Waals surface area contributed by atoms with E-state index in [1.807, 2.05) is 6.92 Å². The van der Waals surface area contributed by atoms with Crippen molar-refractivity contribution in [3.63, 3.8) is 0 Å². The van der Waals surface area contributed by atoms with Gasteiger partial charge in [-0.2, -0.15) is 0 Å². The van der Waals surface area contributed by atoms with Gasteiger partial charge in [0.1, 0.15) is 6.10 Å². The van der Waals surface area contributed by atoms with E-state index in [9.17, 15) is 4.79 Å². The second kappa shape index (κ2) is 5.11. The molecule has 1 heterocycles. The maximum Gasteiger partial charge on any atom is 0.331 e. The Bertz CT molecular complexity index is 359. The van der Waals surface area contributed by atoms with Gasteiger partial charge in [-0.3, -0.25) is 0 Å². The molecule has 0 spiro atoms. The Balaban J connectivity index is 2.29. The minimum absolute atomic E-state index is 0.0360. The summed E-state index contributed by atoms with van der Waals surface area (Å²) in [7, 11) is 1.31. The van der Waals surface area contributed by atoms with E-state index in [-0.39, 0.29) is 12.2 Å². The average Bonchev–Trinajstić information content (AvgIpc) is 2.87. The van der Waals surface area contributed by atoms with Gasteiger partial charge in [-0.1, -0.05) is 11.8 Å². The first-order chi connectivity index (χ1) is 6.74. The van der Waals surface area contributed by atoms with Gasteiger partial charge in [-0.25, -0.2) is 4.79 Å². The third-order valence-corrected chi connectivity index (χ3v) is 1.56. The molecule has 72 valence electrons. The number of hydrogen-bond donors (Lipinski definition) is 0. The first-order valence-electron chi connectivity index (χ1n) is 4.15. The van der Waals surface area contributed by atoms with Crippen LogP contribution in [0.4, 0.5) is 0 Å². The lowest BCUT2D eigenvalue weighted by Crippen LogP contribution is -1.92. The van der Waals surface area contributed by atoms with Crippen LogP contribution < -0.4 is 0 Å². The van der Waals surface area contributed by atoms with Crippen LogP contribution in [0.25, 0.3) is 0 Å². The van der Waals surface area contributed by atoms with Crippen LogP contribution in [0.3, 0.4) is 0 Å². The molecule has 1 aliphatic heterocycles. The molecule has 0 aromatic heterocycles. The molecule has 1 fully saturated rings. The largest absolute Gasteiger partial charge is 0.466 e. The molecule has 0 N–H and O–H groups in total. The van der Waals surface area contributed by atoms with Crippen molar-refractivity contribution in [2.45, 2.75) is 19.1 Å². The van der Waals surface area contributed by atoms with Crippen LogP contribution >= 0.6 is 0 Å². The van der Waals surface area contributed by atoms with Crippen LogP contribution in [0.15, 0.2) is 12.2 Å². The van der Waals surface area contributed by atoms with Crippen LogP contribution in [-0.2, 0) is 14.3 Å². The van der Waals surface area contributed by atoms with Crippen molar-refractivity contribution < 1.29 is 14.3 Å². The Labute approximate surface area is 83.1 Å². The number of ether oxygens (including phenoxy) is 2. The van der Waals surface area contributed by atoms with E-state index in [1.54, 1.807) is 0 Å². The number of methoxy groups -OCH3 is 1. The van der Waals surface area contributed by atoms with E-state index < -0.39 is 5.97 Å². The molecule has 3 nitrogen and oxygen atoms in total. The van der Waals surface area contributed by atoms with E-state index >= 15 is 0 Å². The van der Waals surface area contributed by atoms with Crippen molar-refractivity contribution in [3.8, 4) is 23.7 Å². The highest BCUT2D eigenvalue weighted by atomic mass is 16.6. The highest BCUT2D eigenvalue weighted by molar-refractivity contribution is 5.82. The van der Waals surface area contributed by atoms with Gasteiger partial charge in [-0.05, 0) is 24.8 Å². The third kappa shape index (κ3) is 3.80. The zero-order chi connectivity index (χ0) is 10.4. The zero-order valence-electron chi connectivity index (χ0n) is 8.03. The second-order valence-electron chi connectivity index (χ2n) is 2.66. The molecular formula is C11H10O3. The highest BCUT2D eigenvalue weighted by Gasteiger charge is 2.31. The molecular weight excluding hydrogens is 180 g/mol. The smallest absolute Gasteiger partial charge is 0.331 e. The molecule has 0 radical (unpaired) electrons. The van der Waals surface area contributed by atoms with Crippen molar-refractivity contribution in [3.05, 3.63) is 12.2 Å². The van der Waals surface area contributed by atoms with Gasteiger partial charge in [0.25, 0.3) is 0 Å². The number of carbonyl (C=O) groups excluding carboxylic acids is 1. The van der Waals surface area contributed by atoms with E-state index in [1.165, 1.54) is 19.3 Å². The molecule has 0 aliphatic carbocycles. The summed E-state index contributed by atoms with van der Waals surface area (Å²) in [5.74, 6) is 10.2. The molecule has 0 aromatic rings. The summed E-state index contributed by atoms with van der Waals surface area (Å²) in [6, 6.07) is 0. The summed E-state index contributed by atoms with van der Waals surface area (Å²) in [5.41, 5.74) is 0. The predicted octanol–water partition coefficient (Wildman–Crippen LogP) is 0.510. The number of epoxide rings is 1. The fourth-order valence-corrected chi connectivity index (χ4v) is 0.700. The lowest BCUT2D eigenvalue weighted by Gasteiger charge is -1.84. The van der Waals surface area contributed by atoms with Gasteiger partial charge in [0, 0.05) is 6.08 Å². The Morgan fingerprint density at radius 3 is 2.79 bits per heavy atom. The maximum atomic E-state index is 10.6. The predicted molar refractivity (Wildman–Crippen MR) is 51.0 cm³/mol. The maximum absolute atomic E-state index is 10.6. The summed E-state index contributed by atoms with van der Waals surface area (Å²) in [5, 5.41) is 0. The van der Waals surface area contributed by atoms with E-state index in [2.05, 4.69) is 28.4 Å². The van der Waals surface area contributed by atoms with Crippen LogP contribution in [0, 0.1) is 23.7 Å². The molecule has 0 bridgehead atoms. The lowest BCUT2D eigenvalue weighted by atomic mass is 10.3. The van der Waals surface area contributed by atoms with Crippen molar-refractivity contribution in [2.24, 2.45) is 0 Å². The van der Waals surface area contributed by atoms with E-state index in [4.69, 9.17) is 4.74 Å². The van der Waals surface area contributed by atoms with Crippen LogP contribution in [0.2, 0.25) is 0 Å². The normalized spacial score (nSPS) is 23.0. The zero-order valence-corrected chi connectivity index (χ0v) is 8.03. The Hall–Kier alpha value is -1.71. The van der Waals surface area contributed by atoms with E-state index in [0.717, 1.165) is 0 Å². The SMILES string of the molecule is COC(=O)/C=C\C#CC#C[C@@H]1O[C@H]1C. The molecule has 1 aliphatic rings. The quantitative estimate of drug-likeness (QED) is 0.262. The van der Waals surface area contributed by atoms with Crippen molar-refractivity contribution >= 4 is 5.97 Å². The highest BCUT2D eigenvalue weighted by Crippen LogP contribution is 2.18. The first kappa shape index (κ1) is 10.4. The molecule has 1 saturated heterocycles. The Morgan fingerprint density at radius 1 is 1.50 bits per heavy atom. The molecule has 2 atom stereocenters. The van der Waals surface area contributed by atoms with Gasteiger partial charge in [0.15, 0.2) is 0 Å². The molecule has 0 aromatic carbocycles. The Morgan fingerprint density at radius 2 is 2.21 bits per heavy atom. The van der Waals surface area contributed by atoms with Crippen LogP contribution in [0.5, 0.6) is 0 Å². The summed E-state index contributed by atoms with van der Waals surface area (Å²) < 4.78 is 9.41. The summed E-state index contributed by atoms with van der Waals surface area (Å²) in [6.07, 6.45) is 2.91. The lowest BCUT2D eigenvalue weighted by molar-refractivity contribution is -0.134. The van der Waals surface area contributed by atoms with Gasteiger partial charge < -0.3 is 9.47 Å². The molecule has 0 amide bonds. The first-order valence-corrected chi connectivity index (χ1v) is 4.15. The van der Waals surface area contributed by atoms with Gasteiger partial charge in [-0.15, -0.1) is 0 Å². The minimum atomic E-state index is -0.425. The molecule has 0 saturated carbocycles. The third-order valence-electron chi connectivity index (χ3n) is 1.56. The standard InChI is InChI=1S/C11H10O3/c1-9-10(14-9)7-5-3-4-6-8-11(12)13-2/h6,8-10H,1-2H3/b8-6-/t9-,10-/m0/s1. The molecule has 14 heavy (non-hydrogen) atoms. The van der Waals surface area contributed by atoms with Gasteiger partial charge >= 0.3 is 5.97 Å². The number of allylic oxidation sites excluding steroid dienone is 1. The number of esters is 1. The van der Waals surface area contributed by atoms with Crippen LogP contribution in [0.1, 0.15) is 6.92 Å². The van der Waals surface area contributed by atoms with Crippen molar-refractivity contribution in [1.29, 1.82) is 0 Å². The minimum Gasteiger partial charge on any atom is -0.466 e. The fraction of sp³-hybridized carbons (Fsp3) is 0.364. The van der Waals surface area contributed by atoms with Gasteiger partial charge in [0.05, 0.1) is 13.2 Å². The van der Waals surface area contributed by atoms with Crippen LogP contribution in [-0.4, -0.2) is 25.3 Å². The summed E-state index contributed by atoms with van der Waals surface area (Å²) in [6.45, 7) is 1.95. The number of hydrogen-bond acceptors (Lipinski definition) is 3. The molecule has 1 rings (SSSR count). The fourth-order valence-electron chi connectivity index (χ4n) is 0.700. The average molecular weight is 190 g/mol. The number of carbonyl (C=O) groups is 1. The van der Waals surface area contributed by atoms with Gasteiger partial charge in [0.2, 0.25) is 0 Å². The monoisotopic (exact) mass is 190 g/mol. The number of rotatable bonds is 1. The summed E-state index contributed by atoms with van der Waals surface area (Å²) in [4.78, 5) is 10.6. The second-order valence-corrected chi connectivity index (χ2v) is 2.66. The topological polar surface area (TPSA) is 38.8 Å². The Kier molecular flexibility index (Phi) is 3.79.